The lowest BCUT2D eigenvalue weighted by atomic mass is 10.1. The molecule has 0 unspecified atom stereocenters. The molecule has 1 heterocycles. The number of hydrogen-bond donors (Lipinski definition) is 1. The van der Waals surface area contributed by atoms with E-state index in [0.717, 1.165) is 40.6 Å². The zero-order chi connectivity index (χ0) is 28.1. The molecule has 0 aromatic heterocycles. The molecule has 0 bridgehead atoms. The lowest BCUT2D eigenvalue weighted by molar-refractivity contribution is 0.0949. The second-order valence-electron chi connectivity index (χ2n) is 9.83. The molecule has 0 atom stereocenters. The van der Waals surface area contributed by atoms with Gasteiger partial charge in [0.15, 0.2) is 0 Å². The highest BCUT2D eigenvalue weighted by Gasteiger charge is 2.28. The molecule has 1 aliphatic heterocycles. The zero-order valence-electron chi connectivity index (χ0n) is 22.7. The molecule has 7 heteroatoms. The van der Waals surface area contributed by atoms with Gasteiger partial charge in [-0.05, 0) is 86.0 Å². The molecule has 1 aliphatic rings. The van der Waals surface area contributed by atoms with Gasteiger partial charge in [-0.2, -0.15) is 0 Å². The second-order valence-corrected chi connectivity index (χ2v) is 11.4. The number of fused-ring (bicyclic) bond motifs is 2. The van der Waals surface area contributed by atoms with Gasteiger partial charge in [-0.15, -0.1) is 0 Å². The number of halogens is 1. The summed E-state index contributed by atoms with van der Waals surface area (Å²) in [5, 5.41) is 3.69. The van der Waals surface area contributed by atoms with Crippen LogP contribution in [0.1, 0.15) is 45.2 Å². The van der Waals surface area contributed by atoms with Crippen molar-refractivity contribution in [3.05, 3.63) is 118 Å². The van der Waals surface area contributed by atoms with Crippen LogP contribution in [-0.4, -0.2) is 31.4 Å². The first-order chi connectivity index (χ1) is 19.4. The summed E-state index contributed by atoms with van der Waals surface area (Å²) in [6, 6.07) is 29.2. The van der Waals surface area contributed by atoms with Crippen LogP contribution in [0.4, 0.5) is 11.4 Å². The Bertz CT molecular complexity index is 1540. The largest absolute Gasteiger partial charge is 0.372 e. The zero-order valence-corrected chi connectivity index (χ0v) is 24.3. The molecule has 2 amide bonds. The maximum atomic E-state index is 13.8. The molecule has 0 spiro atoms. The van der Waals surface area contributed by atoms with Gasteiger partial charge in [-0.25, -0.2) is 0 Å². The number of hydrogen-bond acceptors (Lipinski definition) is 4. The number of carbonyl (C=O) groups excluding carboxylic acids is 2. The van der Waals surface area contributed by atoms with E-state index in [1.165, 1.54) is 11.3 Å². The van der Waals surface area contributed by atoms with E-state index >= 15 is 0 Å². The summed E-state index contributed by atoms with van der Waals surface area (Å²) >= 11 is 7.79. The Balaban J connectivity index is 1.33. The maximum Gasteiger partial charge on any atom is 0.259 e. The quantitative estimate of drug-likeness (QED) is 0.211. The molecule has 1 N–H and O–H groups in total. The number of rotatable bonds is 9. The monoisotopic (exact) mass is 569 g/mol. The molecule has 5 nitrogen and oxygen atoms in total. The van der Waals surface area contributed by atoms with Crippen LogP contribution >= 0.6 is 23.4 Å². The van der Waals surface area contributed by atoms with Crippen LogP contribution in [0.5, 0.6) is 0 Å². The van der Waals surface area contributed by atoms with Crippen LogP contribution in [-0.2, 0) is 6.54 Å². The summed E-state index contributed by atoms with van der Waals surface area (Å²) in [6.45, 7) is 6.89. The average molecular weight is 570 g/mol. The van der Waals surface area contributed by atoms with E-state index < -0.39 is 0 Å². The third kappa shape index (κ3) is 6.35. The van der Waals surface area contributed by atoms with Crippen molar-refractivity contribution >= 4 is 46.6 Å². The Morgan fingerprint density at radius 3 is 2.58 bits per heavy atom. The number of carbonyl (C=O) groups is 2. The number of anilines is 2. The smallest absolute Gasteiger partial charge is 0.259 e. The highest BCUT2D eigenvalue weighted by molar-refractivity contribution is 7.99. The first-order valence-corrected chi connectivity index (χ1v) is 14.7. The minimum Gasteiger partial charge on any atom is -0.372 e. The van der Waals surface area contributed by atoms with Crippen molar-refractivity contribution in [2.45, 2.75) is 36.6 Å². The number of benzene rings is 4. The average Bonchev–Trinajstić information content (AvgIpc) is 3.07. The van der Waals surface area contributed by atoms with Crippen LogP contribution in [0.3, 0.4) is 0 Å². The molecule has 204 valence electrons. The van der Waals surface area contributed by atoms with Crippen molar-refractivity contribution in [2.75, 3.05) is 29.4 Å². The number of nitrogens with one attached hydrogen (secondary N) is 1. The van der Waals surface area contributed by atoms with Crippen LogP contribution in [0.15, 0.2) is 101 Å². The van der Waals surface area contributed by atoms with Crippen molar-refractivity contribution < 1.29 is 9.59 Å². The Hall–Kier alpha value is -3.74. The van der Waals surface area contributed by atoms with Crippen LogP contribution in [0, 0.1) is 6.92 Å². The van der Waals surface area contributed by atoms with Gasteiger partial charge >= 0.3 is 0 Å². The number of aryl methyl sites for hydroxylation is 1. The van der Waals surface area contributed by atoms with Crippen molar-refractivity contribution in [3.63, 3.8) is 0 Å². The minimum absolute atomic E-state index is 0.102. The molecule has 4 aromatic carbocycles. The first kappa shape index (κ1) is 27.8. The summed E-state index contributed by atoms with van der Waals surface area (Å²) in [5.74, 6) is -0.251. The lowest BCUT2D eigenvalue weighted by Crippen LogP contribution is -2.31. The first-order valence-electron chi connectivity index (χ1n) is 13.5. The van der Waals surface area contributed by atoms with Crippen molar-refractivity contribution in [1.82, 2.24) is 5.32 Å². The van der Waals surface area contributed by atoms with E-state index in [2.05, 4.69) is 48.3 Å². The molecule has 5 rings (SSSR count). The van der Waals surface area contributed by atoms with Gasteiger partial charge in [0.25, 0.3) is 11.8 Å². The molecular weight excluding hydrogens is 538 g/mol. The van der Waals surface area contributed by atoms with Gasteiger partial charge in [0.05, 0.1) is 17.8 Å². The Morgan fingerprint density at radius 2 is 1.77 bits per heavy atom. The standard InChI is InChI=1S/C33H32ClN3O2S/c1-3-36(27-12-6-9-23(2)19-27)18-8-17-35-32(38)25-15-16-31-29(21-25)37(22-24-10-7-11-26(34)20-24)33(39)28-13-4-5-14-30(28)40-31/h4-7,9-16,19-21H,3,8,17-18,22H2,1-2H3,(H,35,38). The molecule has 4 aromatic rings. The molecule has 0 fully saturated rings. The van der Waals surface area contributed by atoms with Crippen LogP contribution in [0.2, 0.25) is 5.02 Å². The van der Waals surface area contributed by atoms with E-state index in [4.69, 9.17) is 11.6 Å². The van der Waals surface area contributed by atoms with E-state index in [9.17, 15) is 9.59 Å². The lowest BCUT2D eigenvalue weighted by Gasteiger charge is -2.24. The number of amides is 2. The van der Waals surface area contributed by atoms with Gasteiger partial charge in [-0.1, -0.05) is 59.8 Å². The van der Waals surface area contributed by atoms with E-state index in [-0.39, 0.29) is 11.8 Å². The third-order valence-corrected chi connectivity index (χ3v) is 8.34. The Morgan fingerprint density at radius 1 is 0.950 bits per heavy atom. The molecule has 0 aliphatic carbocycles. The Kier molecular flexibility index (Phi) is 8.78. The molecule has 0 saturated heterocycles. The highest BCUT2D eigenvalue weighted by atomic mass is 35.5. The molecule has 40 heavy (non-hydrogen) atoms. The summed E-state index contributed by atoms with van der Waals surface area (Å²) in [7, 11) is 0. The maximum absolute atomic E-state index is 13.8. The predicted molar refractivity (Wildman–Crippen MR) is 165 cm³/mol. The highest BCUT2D eigenvalue weighted by Crippen LogP contribution is 2.42. The van der Waals surface area contributed by atoms with Crippen LogP contribution < -0.4 is 15.1 Å². The van der Waals surface area contributed by atoms with E-state index in [0.29, 0.717) is 29.2 Å². The fraction of sp³-hybridized carbons (Fsp3) is 0.212. The summed E-state index contributed by atoms with van der Waals surface area (Å²) in [4.78, 5) is 32.9. The van der Waals surface area contributed by atoms with Gasteiger partial charge in [-0.3, -0.25) is 9.59 Å². The Labute approximate surface area is 245 Å². The van der Waals surface area contributed by atoms with Crippen LogP contribution in [0.25, 0.3) is 0 Å². The molecular formula is C33H32ClN3O2S. The van der Waals surface area contributed by atoms with E-state index in [1.54, 1.807) is 16.7 Å². The van der Waals surface area contributed by atoms with Crippen molar-refractivity contribution in [1.29, 1.82) is 0 Å². The minimum atomic E-state index is -0.150. The summed E-state index contributed by atoms with van der Waals surface area (Å²) < 4.78 is 0. The van der Waals surface area contributed by atoms with Gasteiger partial charge in [0.2, 0.25) is 0 Å². The summed E-state index contributed by atoms with van der Waals surface area (Å²) in [5.41, 5.74) is 5.24. The van der Waals surface area contributed by atoms with Gasteiger partial charge < -0.3 is 15.1 Å². The van der Waals surface area contributed by atoms with Crippen molar-refractivity contribution in [2.24, 2.45) is 0 Å². The third-order valence-electron chi connectivity index (χ3n) is 6.96. The second kappa shape index (κ2) is 12.6. The fourth-order valence-corrected chi connectivity index (χ4v) is 6.18. The van der Waals surface area contributed by atoms with E-state index in [1.807, 2.05) is 66.7 Å². The number of nitrogens with zero attached hydrogens (tertiary/aromatic N) is 2. The normalized spacial score (nSPS) is 12.4. The topological polar surface area (TPSA) is 52.7 Å². The van der Waals surface area contributed by atoms with Gasteiger partial charge in [0, 0.05) is 45.7 Å². The van der Waals surface area contributed by atoms with Gasteiger partial charge in [0.1, 0.15) is 0 Å². The van der Waals surface area contributed by atoms with Crippen molar-refractivity contribution in [3.8, 4) is 0 Å². The molecule has 0 saturated carbocycles. The molecule has 0 radical (unpaired) electrons. The predicted octanol–water partition coefficient (Wildman–Crippen LogP) is 7.61. The SMILES string of the molecule is CCN(CCCNC(=O)c1ccc2c(c1)N(Cc1cccc(Cl)c1)C(=O)c1ccccc1S2)c1cccc(C)c1. The fourth-order valence-electron chi connectivity index (χ4n) is 4.90. The summed E-state index contributed by atoms with van der Waals surface area (Å²) in [6.07, 6.45) is 0.822.